The summed E-state index contributed by atoms with van der Waals surface area (Å²) in [6.45, 7) is 7.43. The van der Waals surface area contributed by atoms with E-state index in [1.54, 1.807) is 42.4 Å². The van der Waals surface area contributed by atoms with Crippen LogP contribution in [0.15, 0.2) is 24.4 Å². The molecular formula is C18H26N4O4. The van der Waals surface area contributed by atoms with Gasteiger partial charge in [-0.3, -0.25) is 10.1 Å². The number of nitro benzene ring substituents is 1. The van der Waals surface area contributed by atoms with Crippen LogP contribution in [0.25, 0.3) is 6.08 Å². The molecule has 1 fully saturated rings. The molecular weight excluding hydrogens is 336 g/mol. The van der Waals surface area contributed by atoms with Crippen molar-refractivity contribution < 1.29 is 14.5 Å². The molecule has 0 aliphatic carbocycles. The summed E-state index contributed by atoms with van der Waals surface area (Å²) in [6.07, 6.45) is 2.99. The normalized spacial score (nSPS) is 15.2. The topological polar surface area (TPSA) is 88.0 Å². The van der Waals surface area contributed by atoms with Crippen molar-refractivity contribution in [1.29, 1.82) is 0 Å². The number of nitrogens with zero attached hydrogens (tertiary/aromatic N) is 3. The van der Waals surface area contributed by atoms with Gasteiger partial charge in [0.25, 0.3) is 5.69 Å². The van der Waals surface area contributed by atoms with E-state index in [-0.39, 0.29) is 16.7 Å². The lowest BCUT2D eigenvalue weighted by Crippen LogP contribution is -2.50. The third-order valence-corrected chi connectivity index (χ3v) is 3.93. The SMILES string of the molecule is CN/C=C/c1cccc(N2CCN(C(=O)OC(C)(C)C)CC2)c1[N+](=O)[O-]. The molecule has 8 heteroatoms. The highest BCUT2D eigenvalue weighted by Crippen LogP contribution is 2.33. The zero-order valence-electron chi connectivity index (χ0n) is 15.7. The number of piperazine rings is 1. The number of hydrogen-bond acceptors (Lipinski definition) is 6. The molecule has 0 unspecified atom stereocenters. The van der Waals surface area contributed by atoms with Gasteiger partial charge in [0.15, 0.2) is 0 Å². The van der Waals surface area contributed by atoms with E-state index in [4.69, 9.17) is 4.74 Å². The number of hydrogen-bond donors (Lipinski definition) is 1. The highest BCUT2D eigenvalue weighted by atomic mass is 16.6. The minimum atomic E-state index is -0.541. The number of para-hydroxylation sites is 1. The minimum Gasteiger partial charge on any atom is -0.444 e. The van der Waals surface area contributed by atoms with E-state index >= 15 is 0 Å². The van der Waals surface area contributed by atoms with Crippen LogP contribution in [-0.4, -0.2) is 54.7 Å². The number of carbonyl (C=O) groups excluding carboxylic acids is 1. The summed E-state index contributed by atoms with van der Waals surface area (Å²) in [5, 5.41) is 14.5. The third kappa shape index (κ3) is 4.87. The van der Waals surface area contributed by atoms with Gasteiger partial charge < -0.3 is 19.9 Å². The van der Waals surface area contributed by atoms with Crippen molar-refractivity contribution in [2.75, 3.05) is 38.1 Å². The first-order chi connectivity index (χ1) is 12.2. The Bertz CT molecular complexity index is 689. The van der Waals surface area contributed by atoms with E-state index in [0.717, 1.165) is 0 Å². The molecule has 26 heavy (non-hydrogen) atoms. The standard InChI is InChI=1S/C18H26N4O4/c1-18(2,3)26-17(23)21-12-10-20(11-13-21)15-7-5-6-14(8-9-19-4)16(15)22(24)25/h5-9,19H,10-13H2,1-4H3/b9-8+. The van der Waals surface area contributed by atoms with E-state index in [9.17, 15) is 14.9 Å². The van der Waals surface area contributed by atoms with Gasteiger partial charge in [-0.25, -0.2) is 4.79 Å². The molecule has 0 aromatic heterocycles. The summed E-state index contributed by atoms with van der Waals surface area (Å²) in [4.78, 5) is 27.0. The van der Waals surface area contributed by atoms with Gasteiger partial charge in [-0.15, -0.1) is 0 Å². The fourth-order valence-corrected chi connectivity index (χ4v) is 2.77. The maximum Gasteiger partial charge on any atom is 0.410 e. The van der Waals surface area contributed by atoms with E-state index in [1.165, 1.54) is 0 Å². The van der Waals surface area contributed by atoms with Crippen molar-refractivity contribution in [2.45, 2.75) is 26.4 Å². The summed E-state index contributed by atoms with van der Waals surface area (Å²) in [5.41, 5.74) is 0.638. The largest absolute Gasteiger partial charge is 0.444 e. The molecule has 1 aliphatic heterocycles. The molecule has 1 saturated heterocycles. The number of nitro groups is 1. The van der Waals surface area contributed by atoms with Crippen molar-refractivity contribution in [2.24, 2.45) is 0 Å². The second-order valence-corrected chi connectivity index (χ2v) is 7.05. The van der Waals surface area contributed by atoms with Crippen LogP contribution in [0.4, 0.5) is 16.2 Å². The lowest BCUT2D eigenvalue weighted by atomic mass is 10.1. The molecule has 0 bridgehead atoms. The average Bonchev–Trinajstić information content (AvgIpc) is 2.58. The quantitative estimate of drug-likeness (QED) is 0.654. The second kappa shape index (κ2) is 8.07. The molecule has 2 rings (SSSR count). The molecule has 1 aromatic rings. The second-order valence-electron chi connectivity index (χ2n) is 7.05. The van der Waals surface area contributed by atoms with E-state index in [0.29, 0.717) is 37.4 Å². The van der Waals surface area contributed by atoms with Crippen LogP contribution in [0.1, 0.15) is 26.3 Å². The predicted molar refractivity (Wildman–Crippen MR) is 101 cm³/mol. The molecule has 1 heterocycles. The average molecular weight is 362 g/mol. The van der Waals surface area contributed by atoms with Crippen LogP contribution in [0.3, 0.4) is 0 Å². The van der Waals surface area contributed by atoms with Crippen molar-refractivity contribution in [3.8, 4) is 0 Å². The minimum absolute atomic E-state index is 0.0738. The summed E-state index contributed by atoms with van der Waals surface area (Å²) in [6, 6.07) is 5.27. The Morgan fingerprint density at radius 2 is 1.92 bits per heavy atom. The first kappa shape index (κ1) is 19.6. The van der Waals surface area contributed by atoms with Crippen molar-refractivity contribution in [3.63, 3.8) is 0 Å². The lowest BCUT2D eigenvalue weighted by molar-refractivity contribution is -0.384. The Morgan fingerprint density at radius 3 is 2.46 bits per heavy atom. The van der Waals surface area contributed by atoms with Crippen molar-refractivity contribution in [1.82, 2.24) is 10.2 Å². The number of anilines is 1. The Hall–Kier alpha value is -2.77. The van der Waals surface area contributed by atoms with Gasteiger partial charge in [-0.2, -0.15) is 0 Å². The van der Waals surface area contributed by atoms with Crippen LogP contribution >= 0.6 is 0 Å². The summed E-state index contributed by atoms with van der Waals surface area (Å²) < 4.78 is 5.39. The molecule has 1 aromatic carbocycles. The molecule has 0 saturated carbocycles. The molecule has 0 radical (unpaired) electrons. The molecule has 1 amide bonds. The van der Waals surface area contributed by atoms with Gasteiger partial charge in [0.05, 0.1) is 10.5 Å². The first-order valence-electron chi connectivity index (χ1n) is 8.57. The highest BCUT2D eigenvalue weighted by molar-refractivity contribution is 5.75. The van der Waals surface area contributed by atoms with Gasteiger partial charge in [0, 0.05) is 33.2 Å². The first-order valence-corrected chi connectivity index (χ1v) is 8.57. The molecule has 142 valence electrons. The maximum atomic E-state index is 12.2. The molecule has 8 nitrogen and oxygen atoms in total. The number of rotatable bonds is 4. The van der Waals surface area contributed by atoms with Crippen LogP contribution < -0.4 is 10.2 Å². The maximum absolute atomic E-state index is 12.2. The number of nitrogens with one attached hydrogen (secondary N) is 1. The Kier molecular flexibility index (Phi) is 6.07. The number of carbonyl (C=O) groups is 1. The van der Waals surface area contributed by atoms with Crippen molar-refractivity contribution >= 4 is 23.5 Å². The Balaban J connectivity index is 2.15. The van der Waals surface area contributed by atoms with Crippen LogP contribution in [-0.2, 0) is 4.74 Å². The van der Waals surface area contributed by atoms with Crippen LogP contribution in [0.2, 0.25) is 0 Å². The van der Waals surface area contributed by atoms with Crippen molar-refractivity contribution in [3.05, 3.63) is 40.1 Å². The highest BCUT2D eigenvalue weighted by Gasteiger charge is 2.29. The molecule has 1 N–H and O–H groups in total. The zero-order chi connectivity index (χ0) is 19.3. The van der Waals surface area contributed by atoms with Gasteiger partial charge in [0.2, 0.25) is 0 Å². The van der Waals surface area contributed by atoms with Gasteiger partial charge >= 0.3 is 6.09 Å². The summed E-state index contributed by atoms with van der Waals surface area (Å²) in [7, 11) is 1.74. The molecule has 0 atom stereocenters. The van der Waals surface area contributed by atoms with Crippen LogP contribution in [0.5, 0.6) is 0 Å². The van der Waals surface area contributed by atoms with Gasteiger partial charge in [-0.05, 0) is 45.2 Å². The van der Waals surface area contributed by atoms with Crippen LogP contribution in [0, 0.1) is 10.1 Å². The zero-order valence-corrected chi connectivity index (χ0v) is 15.7. The Morgan fingerprint density at radius 1 is 1.27 bits per heavy atom. The Labute approximate surface area is 153 Å². The lowest BCUT2D eigenvalue weighted by Gasteiger charge is -2.36. The summed E-state index contributed by atoms with van der Waals surface area (Å²) >= 11 is 0. The fraction of sp³-hybridized carbons (Fsp3) is 0.500. The summed E-state index contributed by atoms with van der Waals surface area (Å²) in [5.74, 6) is 0. The molecule has 0 spiro atoms. The smallest absolute Gasteiger partial charge is 0.410 e. The van der Waals surface area contributed by atoms with E-state index in [1.807, 2.05) is 25.7 Å². The van der Waals surface area contributed by atoms with Gasteiger partial charge in [0.1, 0.15) is 11.3 Å². The van der Waals surface area contributed by atoms with Gasteiger partial charge in [-0.1, -0.05) is 6.07 Å². The third-order valence-electron chi connectivity index (χ3n) is 3.93. The number of benzene rings is 1. The fourth-order valence-electron chi connectivity index (χ4n) is 2.77. The monoisotopic (exact) mass is 362 g/mol. The number of amides is 1. The van der Waals surface area contributed by atoms with E-state index in [2.05, 4.69) is 5.32 Å². The number of ether oxygens (including phenoxy) is 1. The van der Waals surface area contributed by atoms with E-state index < -0.39 is 5.60 Å². The predicted octanol–water partition coefficient (Wildman–Crippen LogP) is 2.84. The molecule has 1 aliphatic rings.